The van der Waals surface area contributed by atoms with E-state index in [9.17, 15) is 44.6 Å². The van der Waals surface area contributed by atoms with Crippen molar-refractivity contribution >= 4 is 19.8 Å². The summed E-state index contributed by atoms with van der Waals surface area (Å²) in [7, 11) is -5.12. The molecule has 0 saturated heterocycles. The fourth-order valence-corrected chi connectivity index (χ4v) is 7.39. The molecule has 1 fully saturated rings. The Morgan fingerprint density at radius 2 is 0.965 bits per heavy atom. The third-order valence-electron chi connectivity index (χ3n) is 9.98. The van der Waals surface area contributed by atoms with Crippen LogP contribution in [0.2, 0.25) is 0 Å². The molecule has 57 heavy (non-hydrogen) atoms. The number of rotatable bonds is 35. The van der Waals surface area contributed by atoms with Gasteiger partial charge in [0.05, 0.1) is 6.61 Å². The minimum Gasteiger partial charge on any atom is -0.462 e. The highest BCUT2D eigenvalue weighted by Crippen LogP contribution is 2.47. The van der Waals surface area contributed by atoms with Gasteiger partial charge >= 0.3 is 19.8 Å². The normalized spacial score (nSPS) is 23.0. The van der Waals surface area contributed by atoms with E-state index in [1.54, 1.807) is 0 Å². The van der Waals surface area contributed by atoms with Gasteiger partial charge in [-0.2, -0.15) is 0 Å². The second-order valence-corrected chi connectivity index (χ2v) is 16.6. The van der Waals surface area contributed by atoms with Gasteiger partial charge in [0.15, 0.2) is 6.10 Å². The number of allylic oxidation sites excluding steroid dienone is 6. The van der Waals surface area contributed by atoms with Crippen LogP contribution in [0.3, 0.4) is 0 Å². The van der Waals surface area contributed by atoms with Crippen molar-refractivity contribution in [3.8, 4) is 0 Å². The Hall–Kier alpha value is -1.93. The predicted octanol–water partition coefficient (Wildman–Crippen LogP) is 7.83. The molecule has 0 spiro atoms. The molecule has 0 amide bonds. The largest absolute Gasteiger partial charge is 0.472 e. The fraction of sp³-hybridized carbons (Fsp3) is 0.814. The zero-order valence-electron chi connectivity index (χ0n) is 34.9. The molecule has 8 atom stereocenters. The molecule has 1 rings (SSSR count). The molecule has 0 aromatic carbocycles. The van der Waals surface area contributed by atoms with Crippen molar-refractivity contribution in [2.75, 3.05) is 13.2 Å². The van der Waals surface area contributed by atoms with Gasteiger partial charge < -0.3 is 39.9 Å². The molecule has 0 bridgehead atoms. The zero-order chi connectivity index (χ0) is 42.2. The van der Waals surface area contributed by atoms with Gasteiger partial charge in [0.25, 0.3) is 0 Å². The number of carbonyl (C=O) groups excluding carboxylic acids is 2. The zero-order valence-corrected chi connectivity index (χ0v) is 35.8. The van der Waals surface area contributed by atoms with Crippen molar-refractivity contribution in [3.63, 3.8) is 0 Å². The summed E-state index contributed by atoms with van der Waals surface area (Å²) in [5, 5.41) is 50.0. The van der Waals surface area contributed by atoms with E-state index >= 15 is 0 Å². The van der Waals surface area contributed by atoms with Crippen LogP contribution in [0.15, 0.2) is 36.5 Å². The minimum absolute atomic E-state index is 0.0264. The third-order valence-corrected chi connectivity index (χ3v) is 11.0. The maximum Gasteiger partial charge on any atom is 0.472 e. The minimum atomic E-state index is -5.12. The summed E-state index contributed by atoms with van der Waals surface area (Å²) in [6.07, 6.45) is 23.6. The first kappa shape index (κ1) is 53.1. The van der Waals surface area contributed by atoms with Crippen LogP contribution in [0.4, 0.5) is 0 Å². The van der Waals surface area contributed by atoms with Gasteiger partial charge in [0, 0.05) is 12.8 Å². The molecular formula is C43H77O13P. The Morgan fingerprint density at radius 1 is 0.544 bits per heavy atom. The molecule has 1 aliphatic rings. The number of phosphoric ester groups is 1. The molecule has 6 unspecified atom stereocenters. The standard InChI is InChI=1S/C43H77O13P/c1-3-5-7-9-11-13-15-16-17-18-19-20-22-24-26-28-30-32-37(45)55-35(33-53-36(44)31-29-27-25-23-21-14-12-10-8-6-4-2)34-54-57(51,52)56-43-41(49)39(47)38(46)40(48)42(43)50/h16-17,19-20,24,26,35,38-43,46-50H,3-15,18,21-23,25,27-34H2,1-2H3,(H,51,52)/b17-16+,20-19+,26-24+/t35-,38?,39-,40?,41?,42?,43?/m1/s1. The van der Waals surface area contributed by atoms with Crippen LogP contribution in [0.1, 0.15) is 168 Å². The molecule has 332 valence electrons. The Balaban J connectivity index is 2.53. The quantitative estimate of drug-likeness (QED) is 0.0156. The lowest BCUT2D eigenvalue weighted by Crippen LogP contribution is -2.64. The molecule has 0 aromatic rings. The first-order chi connectivity index (χ1) is 27.4. The van der Waals surface area contributed by atoms with Crippen molar-refractivity contribution in [2.24, 2.45) is 0 Å². The van der Waals surface area contributed by atoms with Gasteiger partial charge in [-0.05, 0) is 44.9 Å². The Kier molecular flexibility index (Phi) is 31.5. The number of ether oxygens (including phenoxy) is 2. The predicted molar refractivity (Wildman–Crippen MR) is 221 cm³/mol. The summed E-state index contributed by atoms with van der Waals surface area (Å²) in [4.78, 5) is 35.5. The van der Waals surface area contributed by atoms with Crippen LogP contribution in [0.5, 0.6) is 0 Å². The Labute approximate surface area is 342 Å². The van der Waals surface area contributed by atoms with Gasteiger partial charge in [-0.15, -0.1) is 0 Å². The number of unbranched alkanes of at least 4 members (excludes halogenated alkanes) is 17. The van der Waals surface area contributed by atoms with Gasteiger partial charge in [-0.3, -0.25) is 18.6 Å². The van der Waals surface area contributed by atoms with Crippen molar-refractivity contribution in [1.82, 2.24) is 0 Å². The molecule has 1 saturated carbocycles. The van der Waals surface area contributed by atoms with Gasteiger partial charge in [0.1, 0.15) is 43.2 Å². The average molecular weight is 833 g/mol. The average Bonchev–Trinajstić information content (AvgIpc) is 3.19. The molecule has 13 nitrogen and oxygen atoms in total. The molecule has 0 aliphatic heterocycles. The summed E-state index contributed by atoms with van der Waals surface area (Å²) in [5.74, 6) is -1.16. The second-order valence-electron chi connectivity index (χ2n) is 15.2. The Bertz CT molecular complexity index is 1150. The van der Waals surface area contributed by atoms with Crippen LogP contribution in [-0.4, -0.2) is 98.3 Å². The van der Waals surface area contributed by atoms with Crippen LogP contribution in [0.25, 0.3) is 0 Å². The fourth-order valence-electron chi connectivity index (χ4n) is 6.42. The SMILES string of the molecule is CCCCCCCC/C=C/C/C=C/C/C=C/CCCC(=O)O[C@H](COC(=O)CCCCCCCCCCCCC)COP(=O)(O)OC1C(O)C(O)C(O)[C@@H](O)C1O. The number of aliphatic hydroxyl groups is 5. The van der Waals surface area contributed by atoms with E-state index in [0.717, 1.165) is 38.5 Å². The van der Waals surface area contributed by atoms with Crippen molar-refractivity contribution in [1.29, 1.82) is 0 Å². The van der Waals surface area contributed by atoms with Gasteiger partial charge in [-0.1, -0.05) is 147 Å². The first-order valence-electron chi connectivity index (χ1n) is 21.8. The van der Waals surface area contributed by atoms with E-state index in [1.165, 1.54) is 83.5 Å². The maximum atomic E-state index is 12.8. The lowest BCUT2D eigenvalue weighted by molar-refractivity contribution is -0.220. The summed E-state index contributed by atoms with van der Waals surface area (Å²) in [6, 6.07) is 0. The van der Waals surface area contributed by atoms with Crippen molar-refractivity contribution in [3.05, 3.63) is 36.5 Å². The lowest BCUT2D eigenvalue weighted by atomic mass is 9.85. The molecule has 0 heterocycles. The van der Waals surface area contributed by atoms with Crippen molar-refractivity contribution < 1.29 is 63.1 Å². The van der Waals surface area contributed by atoms with E-state index in [0.29, 0.717) is 19.3 Å². The van der Waals surface area contributed by atoms with Gasteiger partial charge in [-0.25, -0.2) is 4.57 Å². The van der Waals surface area contributed by atoms with Crippen molar-refractivity contribution in [2.45, 2.75) is 211 Å². The second kappa shape index (κ2) is 33.9. The molecular weight excluding hydrogens is 755 g/mol. The summed E-state index contributed by atoms with van der Waals surface area (Å²) >= 11 is 0. The third kappa shape index (κ3) is 26.7. The summed E-state index contributed by atoms with van der Waals surface area (Å²) < 4.78 is 33.4. The first-order valence-corrected chi connectivity index (χ1v) is 23.3. The number of carbonyl (C=O) groups is 2. The van der Waals surface area contributed by atoms with Gasteiger partial charge in [0.2, 0.25) is 0 Å². The van der Waals surface area contributed by atoms with E-state index in [4.69, 9.17) is 18.5 Å². The summed E-state index contributed by atoms with van der Waals surface area (Å²) in [6.45, 7) is 3.22. The van der Waals surface area contributed by atoms with E-state index < -0.39 is 75.7 Å². The molecule has 0 radical (unpaired) electrons. The van der Waals surface area contributed by atoms with Crippen LogP contribution in [-0.2, 0) is 32.7 Å². The number of hydrogen-bond acceptors (Lipinski definition) is 12. The lowest BCUT2D eigenvalue weighted by Gasteiger charge is -2.41. The number of phosphoric acid groups is 1. The van der Waals surface area contributed by atoms with Crippen LogP contribution < -0.4 is 0 Å². The number of hydrogen-bond donors (Lipinski definition) is 6. The highest BCUT2D eigenvalue weighted by atomic mass is 31.2. The molecule has 14 heteroatoms. The van der Waals surface area contributed by atoms with Crippen LogP contribution >= 0.6 is 7.82 Å². The molecule has 1 aliphatic carbocycles. The smallest absolute Gasteiger partial charge is 0.462 e. The maximum absolute atomic E-state index is 12.8. The number of aliphatic hydroxyl groups excluding tert-OH is 5. The Morgan fingerprint density at radius 3 is 1.49 bits per heavy atom. The summed E-state index contributed by atoms with van der Waals surface area (Å²) in [5.41, 5.74) is 0. The van der Waals surface area contributed by atoms with E-state index in [1.807, 2.05) is 12.2 Å². The number of esters is 2. The highest BCUT2D eigenvalue weighted by molar-refractivity contribution is 7.47. The van der Waals surface area contributed by atoms with Crippen LogP contribution in [0, 0.1) is 0 Å². The van der Waals surface area contributed by atoms with E-state index in [2.05, 4.69) is 38.2 Å². The van der Waals surface area contributed by atoms with E-state index in [-0.39, 0.29) is 12.8 Å². The highest BCUT2D eigenvalue weighted by Gasteiger charge is 2.51. The monoisotopic (exact) mass is 833 g/mol. The molecule has 6 N–H and O–H groups in total. The molecule has 0 aromatic heterocycles. The topological polar surface area (TPSA) is 210 Å².